The lowest BCUT2D eigenvalue weighted by Gasteiger charge is -2.31. The van der Waals surface area contributed by atoms with Crippen LogP contribution in [-0.4, -0.2) is 86.0 Å². The van der Waals surface area contributed by atoms with Crippen LogP contribution in [0.4, 0.5) is 8.78 Å². The van der Waals surface area contributed by atoms with Gasteiger partial charge in [-0.15, -0.1) is 11.3 Å². The molecule has 14 heteroatoms. The van der Waals surface area contributed by atoms with Gasteiger partial charge >= 0.3 is 0 Å². The van der Waals surface area contributed by atoms with Gasteiger partial charge in [-0.2, -0.15) is 10.2 Å². The molecule has 1 fully saturated rings. The van der Waals surface area contributed by atoms with Crippen molar-refractivity contribution in [2.75, 3.05) is 39.9 Å². The molecule has 0 atom stereocenters. The fraction of sp³-hybridized carbons (Fsp3) is 0.400. The van der Waals surface area contributed by atoms with Crippen LogP contribution in [0.2, 0.25) is 0 Å². The normalized spacial score (nSPS) is 16.0. The van der Waals surface area contributed by atoms with E-state index >= 15 is 0 Å². The van der Waals surface area contributed by atoms with Crippen molar-refractivity contribution in [3.63, 3.8) is 0 Å². The number of aromatic nitrogens is 6. The number of ether oxygens (including phenoxy) is 1. The maximum absolute atomic E-state index is 13.3. The van der Waals surface area contributed by atoms with E-state index in [1.165, 1.54) is 17.5 Å². The lowest BCUT2D eigenvalue weighted by atomic mass is 10.1. The minimum atomic E-state index is -2.60. The van der Waals surface area contributed by atoms with Gasteiger partial charge < -0.3 is 19.9 Å². The second kappa shape index (κ2) is 10.1. The van der Waals surface area contributed by atoms with E-state index in [4.69, 9.17) is 4.74 Å². The number of H-pyrrole nitrogens is 1. The molecule has 0 spiro atoms. The van der Waals surface area contributed by atoms with E-state index in [0.717, 1.165) is 10.4 Å². The monoisotopic (exact) mass is 556 g/mol. The predicted octanol–water partition coefficient (Wildman–Crippen LogP) is 2.76. The summed E-state index contributed by atoms with van der Waals surface area (Å²) in [4.78, 5) is 36.6. The summed E-state index contributed by atoms with van der Waals surface area (Å²) in [5.74, 6) is -2.95. The van der Waals surface area contributed by atoms with Gasteiger partial charge in [0, 0.05) is 70.3 Å². The highest BCUT2D eigenvalue weighted by Gasteiger charge is 2.33. The molecule has 204 valence electrons. The number of carbonyl (C=O) groups is 1. The predicted molar refractivity (Wildman–Crippen MR) is 143 cm³/mol. The van der Waals surface area contributed by atoms with Crippen molar-refractivity contribution >= 4 is 44.0 Å². The highest BCUT2D eigenvalue weighted by Crippen LogP contribution is 2.33. The summed E-state index contributed by atoms with van der Waals surface area (Å²) in [5, 5.41) is 12.2. The zero-order valence-corrected chi connectivity index (χ0v) is 21.9. The summed E-state index contributed by atoms with van der Waals surface area (Å²) < 4.78 is 35.2. The number of nitrogens with one attached hydrogen (secondary N) is 2. The molecule has 1 amide bonds. The molecule has 0 bridgehead atoms. The highest BCUT2D eigenvalue weighted by molar-refractivity contribution is 7.21. The molecule has 0 unspecified atom stereocenters. The van der Waals surface area contributed by atoms with Crippen molar-refractivity contribution in [3.8, 4) is 10.4 Å². The smallest absolute Gasteiger partial charge is 0.261 e. The van der Waals surface area contributed by atoms with Gasteiger partial charge in [-0.05, 0) is 6.07 Å². The number of methoxy groups -OCH3 is 1. The average molecular weight is 557 g/mol. The van der Waals surface area contributed by atoms with Crippen LogP contribution in [0.5, 0.6) is 0 Å². The van der Waals surface area contributed by atoms with Crippen LogP contribution in [0.15, 0.2) is 35.6 Å². The number of fused-ring (bicyclic) bond motifs is 5. The Kier molecular flexibility index (Phi) is 6.61. The van der Waals surface area contributed by atoms with Gasteiger partial charge in [-0.25, -0.2) is 13.3 Å². The zero-order chi connectivity index (χ0) is 27.1. The molecule has 0 radical (unpaired) electrons. The summed E-state index contributed by atoms with van der Waals surface area (Å²) >= 11 is 1.43. The molecule has 0 aliphatic carbocycles. The van der Waals surface area contributed by atoms with E-state index in [0.29, 0.717) is 66.1 Å². The molecule has 6 rings (SSSR count). The Balaban J connectivity index is 1.21. The molecule has 0 aromatic carbocycles. The van der Waals surface area contributed by atoms with Crippen LogP contribution >= 0.6 is 11.3 Å². The van der Waals surface area contributed by atoms with E-state index in [9.17, 15) is 18.4 Å². The molecule has 1 aliphatic rings. The molecule has 39 heavy (non-hydrogen) atoms. The Bertz CT molecular complexity index is 1730. The van der Waals surface area contributed by atoms with Crippen LogP contribution < -0.4 is 10.9 Å². The molecule has 1 saturated heterocycles. The van der Waals surface area contributed by atoms with E-state index in [1.54, 1.807) is 28.6 Å². The number of aromatic amines is 1. The second-order valence-electron chi connectivity index (χ2n) is 9.58. The first kappa shape index (κ1) is 25.5. The number of likely N-dealkylation sites (tertiary alicyclic amines) is 1. The van der Waals surface area contributed by atoms with E-state index in [2.05, 4.69) is 25.5 Å². The van der Waals surface area contributed by atoms with Crippen molar-refractivity contribution in [1.29, 1.82) is 0 Å². The topological polar surface area (TPSA) is 122 Å². The molecule has 6 heterocycles. The van der Waals surface area contributed by atoms with Crippen molar-refractivity contribution in [2.24, 2.45) is 0 Å². The molecule has 11 nitrogen and oxygen atoms in total. The molecule has 5 aromatic heterocycles. The maximum Gasteiger partial charge on any atom is 0.261 e. The Morgan fingerprint density at radius 3 is 2.82 bits per heavy atom. The van der Waals surface area contributed by atoms with Crippen molar-refractivity contribution in [2.45, 2.75) is 25.3 Å². The quantitative estimate of drug-likeness (QED) is 0.301. The fourth-order valence-corrected chi connectivity index (χ4v) is 5.80. The highest BCUT2D eigenvalue weighted by atomic mass is 32.1. The SMILES string of the molecule is COCCn1cc(-c2cn3nc4c5ncc(C(=O)NCCN6CCC(F)(F)CC6)cc5[nH]c(=O)c4c3s2)cn1. The Labute approximate surface area is 224 Å². The number of thiazole rings is 1. The fourth-order valence-electron chi connectivity index (χ4n) is 4.74. The standard InChI is InChI=1S/C25H26F2N8O3S/c1-38-9-8-34-13-16(12-30-34)18-14-35-24(39-18)19-21(32-35)20-17(31-23(19)37)10-15(11-29-20)22(36)28-4-7-33-5-2-25(26,27)3-6-33/h10-14H,2-9H2,1H3,(H,28,36)(H,31,37). The molecule has 5 aromatic rings. The number of hydrogen-bond acceptors (Lipinski definition) is 8. The van der Waals surface area contributed by atoms with Crippen LogP contribution in [0.3, 0.4) is 0 Å². The third-order valence-electron chi connectivity index (χ3n) is 6.91. The first-order chi connectivity index (χ1) is 18.8. The van der Waals surface area contributed by atoms with Gasteiger partial charge in [-0.1, -0.05) is 0 Å². The largest absolute Gasteiger partial charge is 0.383 e. The number of hydrogen-bond donors (Lipinski definition) is 2. The number of amides is 1. The zero-order valence-electron chi connectivity index (χ0n) is 21.1. The number of carbonyl (C=O) groups excluding carboxylic acids is 1. The lowest BCUT2D eigenvalue weighted by Crippen LogP contribution is -2.43. The van der Waals surface area contributed by atoms with Crippen LogP contribution in [0.1, 0.15) is 23.2 Å². The average Bonchev–Trinajstić information content (AvgIpc) is 3.63. The minimum absolute atomic E-state index is 0.163. The molecular weight excluding hydrogens is 530 g/mol. The number of piperidine rings is 1. The first-order valence-corrected chi connectivity index (χ1v) is 13.4. The Morgan fingerprint density at radius 1 is 1.21 bits per heavy atom. The summed E-state index contributed by atoms with van der Waals surface area (Å²) in [6.07, 6.45) is 6.67. The van der Waals surface area contributed by atoms with Gasteiger partial charge in [0.25, 0.3) is 17.4 Å². The van der Waals surface area contributed by atoms with Crippen molar-refractivity contribution in [3.05, 3.63) is 46.8 Å². The number of pyridine rings is 2. The minimum Gasteiger partial charge on any atom is -0.383 e. The van der Waals surface area contributed by atoms with E-state index < -0.39 is 5.92 Å². The number of rotatable bonds is 8. The number of alkyl halides is 2. The lowest BCUT2D eigenvalue weighted by molar-refractivity contribution is -0.0547. The summed E-state index contributed by atoms with van der Waals surface area (Å²) in [7, 11) is 1.64. The van der Waals surface area contributed by atoms with Crippen LogP contribution in [0, 0.1) is 0 Å². The van der Waals surface area contributed by atoms with Gasteiger partial charge in [0.1, 0.15) is 21.3 Å². The van der Waals surface area contributed by atoms with Crippen LogP contribution in [-0.2, 0) is 11.3 Å². The Morgan fingerprint density at radius 2 is 2.03 bits per heavy atom. The van der Waals surface area contributed by atoms with Gasteiger partial charge in [0.2, 0.25) is 0 Å². The summed E-state index contributed by atoms with van der Waals surface area (Å²) in [6.45, 7) is 2.61. The first-order valence-electron chi connectivity index (χ1n) is 12.6. The summed E-state index contributed by atoms with van der Waals surface area (Å²) in [5.41, 5.74) is 2.23. The van der Waals surface area contributed by atoms with Gasteiger partial charge in [0.05, 0.1) is 35.3 Å². The third-order valence-corrected chi connectivity index (χ3v) is 8.05. The van der Waals surface area contributed by atoms with E-state index in [1.807, 2.05) is 17.3 Å². The number of nitrogens with zero attached hydrogens (tertiary/aromatic N) is 6. The molecular formula is C25H26F2N8O3S. The molecule has 2 N–H and O–H groups in total. The maximum atomic E-state index is 13.3. The number of halogens is 2. The molecule has 1 aliphatic heterocycles. The van der Waals surface area contributed by atoms with Crippen LogP contribution in [0.25, 0.3) is 37.2 Å². The summed E-state index contributed by atoms with van der Waals surface area (Å²) in [6, 6.07) is 1.58. The van der Waals surface area contributed by atoms with Crippen molar-refractivity contribution in [1.82, 2.24) is 39.6 Å². The molecule has 0 saturated carbocycles. The van der Waals surface area contributed by atoms with Crippen molar-refractivity contribution < 1.29 is 18.3 Å². The van der Waals surface area contributed by atoms with Gasteiger partial charge in [-0.3, -0.25) is 19.3 Å². The Hall–Kier alpha value is -3.75. The third kappa shape index (κ3) is 5.02. The van der Waals surface area contributed by atoms with E-state index in [-0.39, 0.29) is 29.9 Å². The van der Waals surface area contributed by atoms with Gasteiger partial charge in [0.15, 0.2) is 0 Å². The second-order valence-corrected chi connectivity index (χ2v) is 10.6.